The molecular weight excluding hydrogens is 214 g/mol. The molecule has 88 valence electrons. The summed E-state index contributed by atoms with van der Waals surface area (Å²) in [4.78, 5) is 10.9. The molecule has 0 saturated heterocycles. The number of amides is 1. The van der Waals surface area contributed by atoms with Crippen LogP contribution in [-0.4, -0.2) is 11.9 Å². The van der Waals surface area contributed by atoms with E-state index in [2.05, 4.69) is 28.8 Å². The van der Waals surface area contributed by atoms with E-state index in [1.807, 2.05) is 6.07 Å². The van der Waals surface area contributed by atoms with Gasteiger partial charge in [-0.05, 0) is 16.7 Å². The summed E-state index contributed by atoms with van der Waals surface area (Å²) in [6.07, 6.45) is 0.559. The second-order valence-electron chi connectivity index (χ2n) is 4.29. The van der Waals surface area contributed by atoms with Crippen LogP contribution < -0.4 is 10.6 Å². The lowest BCUT2D eigenvalue weighted by Crippen LogP contribution is -2.33. The fraction of sp³-hybridized carbons (Fsp3) is 0.385. The lowest BCUT2D eigenvalue weighted by atomic mass is 10.0. The zero-order valence-corrected chi connectivity index (χ0v) is 9.79. The van der Waals surface area contributed by atoms with Crippen molar-refractivity contribution in [1.29, 1.82) is 5.26 Å². The molecule has 0 fully saturated rings. The molecule has 4 nitrogen and oxygen atoms in total. The van der Waals surface area contributed by atoms with Crippen LogP contribution in [0.3, 0.4) is 0 Å². The van der Waals surface area contributed by atoms with E-state index in [1.54, 1.807) is 0 Å². The van der Waals surface area contributed by atoms with Crippen molar-refractivity contribution in [3.05, 3.63) is 34.9 Å². The Bertz CT molecular complexity index is 476. The molecule has 0 saturated carbocycles. The van der Waals surface area contributed by atoms with Crippen LogP contribution in [0.15, 0.2) is 18.2 Å². The van der Waals surface area contributed by atoms with Gasteiger partial charge in [0.2, 0.25) is 5.91 Å². The summed E-state index contributed by atoms with van der Waals surface area (Å²) >= 11 is 0. The molecule has 1 amide bonds. The maximum Gasteiger partial charge on any atom is 0.217 e. The van der Waals surface area contributed by atoms with Crippen molar-refractivity contribution in [2.75, 3.05) is 0 Å². The maximum atomic E-state index is 10.9. The van der Waals surface area contributed by atoms with Crippen LogP contribution in [-0.2, 0) is 24.3 Å². The van der Waals surface area contributed by atoms with Gasteiger partial charge in [-0.3, -0.25) is 4.79 Å². The van der Waals surface area contributed by atoms with Crippen LogP contribution in [0, 0.1) is 11.3 Å². The summed E-state index contributed by atoms with van der Waals surface area (Å²) in [6.45, 7) is 3.24. The number of nitrogens with one attached hydrogen (secondary N) is 2. The molecule has 1 heterocycles. The molecule has 0 spiro atoms. The minimum absolute atomic E-state index is 0.167. The first-order valence-electron chi connectivity index (χ1n) is 5.67. The normalized spacial score (nSPS) is 14.8. The molecule has 0 bridgehead atoms. The van der Waals surface area contributed by atoms with E-state index in [4.69, 9.17) is 5.26 Å². The molecule has 0 aliphatic carbocycles. The van der Waals surface area contributed by atoms with Gasteiger partial charge in [-0.25, -0.2) is 0 Å². The van der Waals surface area contributed by atoms with Gasteiger partial charge in [0, 0.05) is 26.4 Å². The highest BCUT2D eigenvalue weighted by Gasteiger charge is 2.13. The van der Waals surface area contributed by atoms with Crippen molar-refractivity contribution in [1.82, 2.24) is 10.6 Å². The van der Waals surface area contributed by atoms with E-state index in [9.17, 15) is 4.79 Å². The molecule has 1 unspecified atom stereocenters. The number of hydrogen-bond donors (Lipinski definition) is 2. The molecule has 1 aliphatic rings. The molecular formula is C13H15N3O. The zero-order valence-electron chi connectivity index (χ0n) is 9.79. The summed E-state index contributed by atoms with van der Waals surface area (Å²) in [5.41, 5.74) is 3.71. The molecule has 1 aliphatic heterocycles. The smallest absolute Gasteiger partial charge is 0.217 e. The predicted octanol–water partition coefficient (Wildman–Crippen LogP) is 0.861. The maximum absolute atomic E-state index is 10.9. The van der Waals surface area contributed by atoms with Crippen LogP contribution in [0.4, 0.5) is 0 Å². The van der Waals surface area contributed by atoms with Crippen LogP contribution in [0.2, 0.25) is 0 Å². The fourth-order valence-corrected chi connectivity index (χ4v) is 2.09. The summed E-state index contributed by atoms with van der Waals surface area (Å²) < 4.78 is 0. The van der Waals surface area contributed by atoms with Crippen LogP contribution in [0.1, 0.15) is 23.6 Å². The highest BCUT2D eigenvalue weighted by atomic mass is 16.1. The van der Waals surface area contributed by atoms with Gasteiger partial charge in [-0.1, -0.05) is 18.2 Å². The Balaban J connectivity index is 2.08. The number of fused-ring (bicyclic) bond motifs is 1. The Morgan fingerprint density at radius 2 is 2.29 bits per heavy atom. The molecule has 0 aromatic heterocycles. The Kier molecular flexibility index (Phi) is 3.40. The summed E-state index contributed by atoms with van der Waals surface area (Å²) in [5.74, 6) is -0.167. The van der Waals surface area contributed by atoms with E-state index < -0.39 is 6.04 Å². The third-order valence-corrected chi connectivity index (χ3v) is 2.87. The van der Waals surface area contributed by atoms with E-state index >= 15 is 0 Å². The molecule has 1 atom stereocenters. The van der Waals surface area contributed by atoms with Crippen molar-refractivity contribution >= 4 is 5.91 Å². The molecule has 2 rings (SSSR count). The van der Waals surface area contributed by atoms with Crippen LogP contribution in [0.5, 0.6) is 0 Å². The number of carbonyl (C=O) groups excluding carboxylic acids is 1. The van der Waals surface area contributed by atoms with E-state index in [0.717, 1.165) is 18.7 Å². The number of hydrogen-bond acceptors (Lipinski definition) is 3. The minimum atomic E-state index is -0.445. The van der Waals surface area contributed by atoms with Gasteiger partial charge in [0.05, 0.1) is 6.07 Å². The van der Waals surface area contributed by atoms with Crippen molar-refractivity contribution in [2.45, 2.75) is 32.5 Å². The topological polar surface area (TPSA) is 64.9 Å². The van der Waals surface area contributed by atoms with Crippen molar-refractivity contribution in [3.63, 3.8) is 0 Å². The standard InChI is InChI=1S/C13H15N3O/c1-9(17)16-13(6-14)5-10-2-3-11-7-15-8-12(11)4-10/h2-4,13,15H,5,7-8H2,1H3,(H,16,17). The van der Waals surface area contributed by atoms with Crippen LogP contribution >= 0.6 is 0 Å². The van der Waals surface area contributed by atoms with Gasteiger partial charge in [-0.15, -0.1) is 0 Å². The monoisotopic (exact) mass is 229 g/mol. The third kappa shape index (κ3) is 2.83. The molecule has 4 heteroatoms. The number of carbonyl (C=O) groups is 1. The first kappa shape index (κ1) is 11.6. The largest absolute Gasteiger partial charge is 0.340 e. The lowest BCUT2D eigenvalue weighted by molar-refractivity contribution is -0.119. The van der Waals surface area contributed by atoms with Crippen molar-refractivity contribution in [3.8, 4) is 6.07 Å². The van der Waals surface area contributed by atoms with Gasteiger partial charge in [0.25, 0.3) is 0 Å². The Morgan fingerprint density at radius 3 is 3.00 bits per heavy atom. The summed E-state index contributed by atoms with van der Waals surface area (Å²) in [5, 5.41) is 14.9. The number of nitrogens with zero attached hydrogens (tertiary/aromatic N) is 1. The fourth-order valence-electron chi connectivity index (χ4n) is 2.09. The van der Waals surface area contributed by atoms with E-state index in [-0.39, 0.29) is 5.91 Å². The average Bonchev–Trinajstić information content (AvgIpc) is 2.74. The van der Waals surface area contributed by atoms with Gasteiger partial charge >= 0.3 is 0 Å². The Morgan fingerprint density at radius 1 is 1.53 bits per heavy atom. The minimum Gasteiger partial charge on any atom is -0.340 e. The summed E-state index contributed by atoms with van der Waals surface area (Å²) in [7, 11) is 0. The second-order valence-corrected chi connectivity index (χ2v) is 4.29. The van der Waals surface area contributed by atoms with Gasteiger partial charge < -0.3 is 10.6 Å². The molecule has 2 N–H and O–H groups in total. The highest BCUT2D eigenvalue weighted by Crippen LogP contribution is 2.17. The van der Waals surface area contributed by atoms with Gasteiger partial charge in [-0.2, -0.15) is 5.26 Å². The van der Waals surface area contributed by atoms with Crippen molar-refractivity contribution in [2.24, 2.45) is 0 Å². The molecule has 0 radical (unpaired) electrons. The van der Waals surface area contributed by atoms with Gasteiger partial charge in [0.15, 0.2) is 0 Å². The summed E-state index contributed by atoms with van der Waals surface area (Å²) in [6, 6.07) is 7.89. The second kappa shape index (κ2) is 4.98. The SMILES string of the molecule is CC(=O)NC(C#N)Cc1ccc2c(c1)CNC2. The number of rotatable bonds is 3. The first-order chi connectivity index (χ1) is 8.19. The quantitative estimate of drug-likeness (QED) is 0.808. The zero-order chi connectivity index (χ0) is 12.3. The first-order valence-corrected chi connectivity index (χ1v) is 5.67. The molecule has 1 aromatic rings. The average molecular weight is 229 g/mol. The van der Waals surface area contributed by atoms with Crippen molar-refractivity contribution < 1.29 is 4.79 Å². The highest BCUT2D eigenvalue weighted by molar-refractivity contribution is 5.73. The Labute approximate surface area is 101 Å². The van der Waals surface area contributed by atoms with E-state index in [1.165, 1.54) is 18.1 Å². The lowest BCUT2D eigenvalue weighted by Gasteiger charge is -2.10. The number of benzene rings is 1. The van der Waals surface area contributed by atoms with Crippen LogP contribution in [0.25, 0.3) is 0 Å². The third-order valence-electron chi connectivity index (χ3n) is 2.87. The van der Waals surface area contributed by atoms with Gasteiger partial charge in [0.1, 0.15) is 6.04 Å². The van der Waals surface area contributed by atoms with E-state index in [0.29, 0.717) is 6.42 Å². The predicted molar refractivity (Wildman–Crippen MR) is 63.9 cm³/mol. The molecule has 1 aromatic carbocycles. The Hall–Kier alpha value is -1.86. The number of nitriles is 1. The molecule has 17 heavy (non-hydrogen) atoms.